The fraction of sp³-hybridized carbons (Fsp3) is 0.192. The molecule has 1 aliphatic heterocycles. The van der Waals surface area contributed by atoms with Crippen LogP contribution in [-0.2, 0) is 22.7 Å². The number of benzene rings is 3. The quantitative estimate of drug-likeness (QED) is 0.506. The molecule has 0 spiro atoms. The molecule has 2 heterocycles. The SMILES string of the molecule is Cc1ccc(CN2C(=O)[C@@H](CC(=O)NCc3ccccc3)n3c2nc2ccccc23)cc1. The zero-order valence-corrected chi connectivity index (χ0v) is 17.9. The summed E-state index contributed by atoms with van der Waals surface area (Å²) in [6.07, 6.45) is 0.0728. The predicted molar refractivity (Wildman–Crippen MR) is 124 cm³/mol. The van der Waals surface area contributed by atoms with Crippen molar-refractivity contribution in [2.45, 2.75) is 32.5 Å². The summed E-state index contributed by atoms with van der Waals surface area (Å²) >= 11 is 0. The highest BCUT2D eigenvalue weighted by molar-refractivity contribution is 6.03. The van der Waals surface area contributed by atoms with Gasteiger partial charge in [-0.1, -0.05) is 72.3 Å². The van der Waals surface area contributed by atoms with Crippen LogP contribution in [0.2, 0.25) is 0 Å². The number of imidazole rings is 1. The molecule has 6 heteroatoms. The van der Waals surface area contributed by atoms with E-state index in [4.69, 9.17) is 4.98 Å². The lowest BCUT2D eigenvalue weighted by Gasteiger charge is -2.16. The first-order chi connectivity index (χ1) is 15.6. The van der Waals surface area contributed by atoms with E-state index in [0.717, 1.165) is 22.2 Å². The largest absolute Gasteiger partial charge is 0.352 e. The highest BCUT2D eigenvalue weighted by Gasteiger charge is 2.40. The Morgan fingerprint density at radius 3 is 2.44 bits per heavy atom. The van der Waals surface area contributed by atoms with Gasteiger partial charge in [0.1, 0.15) is 6.04 Å². The minimum absolute atomic E-state index is 0.0728. The van der Waals surface area contributed by atoms with E-state index in [0.29, 0.717) is 19.0 Å². The molecule has 0 saturated heterocycles. The van der Waals surface area contributed by atoms with Gasteiger partial charge < -0.3 is 5.32 Å². The minimum atomic E-state index is -0.612. The van der Waals surface area contributed by atoms with Crippen molar-refractivity contribution in [1.82, 2.24) is 14.9 Å². The van der Waals surface area contributed by atoms with Crippen LogP contribution in [0.5, 0.6) is 0 Å². The number of fused-ring (bicyclic) bond motifs is 3. The van der Waals surface area contributed by atoms with Gasteiger partial charge in [-0.05, 0) is 30.2 Å². The Hall–Kier alpha value is -3.93. The average molecular weight is 425 g/mol. The number of aromatic nitrogens is 2. The second kappa shape index (κ2) is 8.30. The summed E-state index contributed by atoms with van der Waals surface area (Å²) in [5.74, 6) is 0.333. The molecule has 3 aromatic carbocycles. The number of amides is 2. The molecule has 0 bridgehead atoms. The summed E-state index contributed by atoms with van der Waals surface area (Å²) in [6.45, 7) is 2.89. The van der Waals surface area contributed by atoms with E-state index in [9.17, 15) is 9.59 Å². The maximum Gasteiger partial charge on any atom is 0.253 e. The molecule has 6 nitrogen and oxygen atoms in total. The van der Waals surface area contributed by atoms with E-state index in [1.807, 2.05) is 90.4 Å². The van der Waals surface area contributed by atoms with Crippen LogP contribution in [0, 0.1) is 6.92 Å². The molecular formula is C26H24N4O2. The van der Waals surface area contributed by atoms with Gasteiger partial charge in [-0.15, -0.1) is 0 Å². The number of anilines is 1. The van der Waals surface area contributed by atoms with E-state index >= 15 is 0 Å². The van der Waals surface area contributed by atoms with Crippen molar-refractivity contribution in [2.24, 2.45) is 0 Å². The number of hydrogen-bond donors (Lipinski definition) is 1. The molecular weight excluding hydrogens is 400 g/mol. The van der Waals surface area contributed by atoms with Gasteiger partial charge in [-0.3, -0.25) is 19.1 Å². The van der Waals surface area contributed by atoms with Gasteiger partial charge in [0.25, 0.3) is 5.91 Å². The van der Waals surface area contributed by atoms with Gasteiger partial charge in [0, 0.05) is 6.54 Å². The molecule has 160 valence electrons. The Morgan fingerprint density at radius 1 is 0.938 bits per heavy atom. The summed E-state index contributed by atoms with van der Waals surface area (Å²) in [6, 6.07) is 25.0. The molecule has 5 rings (SSSR count). The lowest BCUT2D eigenvalue weighted by Crippen LogP contribution is -2.32. The van der Waals surface area contributed by atoms with E-state index < -0.39 is 6.04 Å². The van der Waals surface area contributed by atoms with Crippen molar-refractivity contribution < 1.29 is 9.59 Å². The maximum absolute atomic E-state index is 13.4. The van der Waals surface area contributed by atoms with Gasteiger partial charge >= 0.3 is 0 Å². The van der Waals surface area contributed by atoms with Crippen molar-refractivity contribution in [2.75, 3.05) is 4.90 Å². The molecule has 1 aromatic heterocycles. The van der Waals surface area contributed by atoms with E-state index in [-0.39, 0.29) is 18.2 Å². The third-order valence-corrected chi connectivity index (χ3v) is 5.85. The Bertz CT molecular complexity index is 1280. The topological polar surface area (TPSA) is 67.2 Å². The molecule has 1 aliphatic rings. The number of nitrogens with zero attached hydrogens (tertiary/aromatic N) is 3. The number of carbonyl (C=O) groups excluding carboxylic acids is 2. The van der Waals surface area contributed by atoms with Crippen LogP contribution in [0.15, 0.2) is 78.9 Å². The second-order valence-corrected chi connectivity index (χ2v) is 8.16. The minimum Gasteiger partial charge on any atom is -0.352 e. The van der Waals surface area contributed by atoms with Gasteiger partial charge in [-0.2, -0.15) is 0 Å². The number of aryl methyl sites for hydroxylation is 1. The Morgan fingerprint density at radius 2 is 1.66 bits per heavy atom. The van der Waals surface area contributed by atoms with Crippen molar-refractivity contribution in [1.29, 1.82) is 0 Å². The van der Waals surface area contributed by atoms with Crippen molar-refractivity contribution in [3.63, 3.8) is 0 Å². The van der Waals surface area contributed by atoms with Gasteiger partial charge in [0.05, 0.1) is 24.0 Å². The number of hydrogen-bond acceptors (Lipinski definition) is 3. The van der Waals surface area contributed by atoms with Gasteiger partial charge in [-0.25, -0.2) is 4.98 Å². The smallest absolute Gasteiger partial charge is 0.253 e. The number of rotatable bonds is 6. The summed E-state index contributed by atoms with van der Waals surface area (Å²) in [5.41, 5.74) is 4.90. The Labute approximate surface area is 186 Å². The summed E-state index contributed by atoms with van der Waals surface area (Å²) < 4.78 is 1.91. The molecule has 1 atom stereocenters. The normalized spacial score (nSPS) is 15.2. The third kappa shape index (κ3) is 3.75. The molecule has 0 saturated carbocycles. The van der Waals surface area contributed by atoms with E-state index in [1.54, 1.807) is 4.90 Å². The fourth-order valence-corrected chi connectivity index (χ4v) is 4.17. The van der Waals surface area contributed by atoms with Crippen molar-refractivity contribution in [3.05, 3.63) is 95.6 Å². The first-order valence-corrected chi connectivity index (χ1v) is 10.7. The predicted octanol–water partition coefficient (Wildman–Crippen LogP) is 4.14. The highest BCUT2D eigenvalue weighted by atomic mass is 16.2. The second-order valence-electron chi connectivity index (χ2n) is 8.16. The Kier molecular flexibility index (Phi) is 5.19. The van der Waals surface area contributed by atoms with Crippen LogP contribution >= 0.6 is 0 Å². The first-order valence-electron chi connectivity index (χ1n) is 10.7. The van der Waals surface area contributed by atoms with Gasteiger partial charge in [0.2, 0.25) is 11.9 Å². The van der Waals surface area contributed by atoms with Crippen molar-refractivity contribution >= 4 is 28.8 Å². The van der Waals surface area contributed by atoms with Crippen molar-refractivity contribution in [3.8, 4) is 0 Å². The highest BCUT2D eigenvalue weighted by Crippen LogP contribution is 2.37. The molecule has 0 aliphatic carbocycles. The lowest BCUT2D eigenvalue weighted by atomic mass is 10.1. The molecule has 1 N–H and O–H groups in total. The molecule has 0 radical (unpaired) electrons. The lowest BCUT2D eigenvalue weighted by molar-refractivity contribution is -0.127. The van der Waals surface area contributed by atoms with Crippen LogP contribution in [0.3, 0.4) is 0 Å². The maximum atomic E-state index is 13.4. The zero-order valence-electron chi connectivity index (χ0n) is 17.9. The third-order valence-electron chi connectivity index (χ3n) is 5.85. The van der Waals surface area contributed by atoms with E-state index in [2.05, 4.69) is 5.32 Å². The summed E-state index contributed by atoms with van der Waals surface area (Å²) in [7, 11) is 0. The molecule has 32 heavy (non-hydrogen) atoms. The van der Waals surface area contributed by atoms with Crippen LogP contribution in [0.4, 0.5) is 5.95 Å². The summed E-state index contributed by atoms with van der Waals surface area (Å²) in [5, 5.41) is 2.94. The first kappa shape index (κ1) is 20.0. The zero-order chi connectivity index (χ0) is 22.1. The average Bonchev–Trinajstić information content (AvgIpc) is 3.30. The Balaban J connectivity index is 1.42. The fourth-order valence-electron chi connectivity index (χ4n) is 4.17. The number of para-hydroxylation sites is 2. The summed E-state index contributed by atoms with van der Waals surface area (Å²) in [4.78, 5) is 32.6. The monoisotopic (exact) mass is 424 g/mol. The van der Waals surface area contributed by atoms with Crippen LogP contribution in [0.25, 0.3) is 11.0 Å². The standard InChI is InChI=1S/C26H24N4O2/c1-18-11-13-20(14-12-18)17-29-25(32)23(15-24(31)27-16-19-7-3-2-4-8-19)30-22-10-6-5-9-21(22)28-26(29)30/h2-14,23H,15-17H2,1H3,(H,27,31)/t23-/m1/s1. The van der Waals surface area contributed by atoms with Crippen LogP contribution < -0.4 is 10.2 Å². The van der Waals surface area contributed by atoms with E-state index in [1.165, 1.54) is 5.56 Å². The molecule has 0 fully saturated rings. The van der Waals surface area contributed by atoms with Crippen LogP contribution in [0.1, 0.15) is 29.2 Å². The van der Waals surface area contributed by atoms with Gasteiger partial charge in [0.15, 0.2) is 0 Å². The van der Waals surface area contributed by atoms with Crippen LogP contribution in [-0.4, -0.2) is 21.4 Å². The molecule has 4 aromatic rings. The number of nitrogens with one attached hydrogen (secondary N) is 1. The number of carbonyl (C=O) groups is 2. The molecule has 0 unspecified atom stereocenters. The molecule has 2 amide bonds.